The minimum Gasteiger partial charge on any atom is -0.277 e. The average Bonchev–Trinajstić information content (AvgIpc) is 2.60. The number of nitrogens with zero attached hydrogens (tertiary/aromatic N) is 4. The molecule has 0 saturated carbocycles. The quantitative estimate of drug-likeness (QED) is 0.555. The van der Waals surface area contributed by atoms with E-state index in [1.54, 1.807) is 6.92 Å². The normalized spacial score (nSPS) is 10.8. The lowest BCUT2D eigenvalue weighted by molar-refractivity contribution is -0.385. The number of hydrogen-bond donors (Lipinski definition) is 0. The highest BCUT2D eigenvalue weighted by Gasteiger charge is 2.13. The van der Waals surface area contributed by atoms with E-state index >= 15 is 0 Å². The number of rotatable bonds is 2. The van der Waals surface area contributed by atoms with Crippen molar-refractivity contribution in [3.8, 4) is 0 Å². The van der Waals surface area contributed by atoms with Crippen molar-refractivity contribution in [3.05, 3.63) is 33.8 Å². The highest BCUT2D eigenvalue weighted by molar-refractivity contribution is 5.51. The Hall–Kier alpha value is -2.05. The fourth-order valence-electron chi connectivity index (χ4n) is 1.38. The monoisotopic (exact) mass is 210 g/mol. The van der Waals surface area contributed by atoms with Gasteiger partial charge in [0.1, 0.15) is 6.67 Å². The second kappa shape index (κ2) is 3.26. The van der Waals surface area contributed by atoms with E-state index in [4.69, 9.17) is 0 Å². The molecule has 0 aliphatic rings. The highest BCUT2D eigenvalue weighted by atomic mass is 19.1. The smallest absolute Gasteiger partial charge is 0.277 e. The predicted molar refractivity (Wildman–Crippen MR) is 49.2 cm³/mol. The molecule has 0 bridgehead atoms. The van der Waals surface area contributed by atoms with Crippen LogP contribution in [0.3, 0.4) is 0 Å². The van der Waals surface area contributed by atoms with Crippen LogP contribution in [0, 0.1) is 17.0 Å². The van der Waals surface area contributed by atoms with Crippen LogP contribution in [-0.2, 0) is 6.67 Å². The van der Waals surface area contributed by atoms with E-state index < -0.39 is 11.6 Å². The zero-order valence-corrected chi connectivity index (χ0v) is 7.85. The van der Waals surface area contributed by atoms with Gasteiger partial charge in [-0.15, -0.1) is 10.2 Å². The second-order valence-corrected chi connectivity index (χ2v) is 3.08. The number of pyridine rings is 1. The summed E-state index contributed by atoms with van der Waals surface area (Å²) in [6, 6.07) is 1.38. The van der Waals surface area contributed by atoms with Gasteiger partial charge in [0, 0.05) is 11.6 Å². The molecule has 2 aromatic rings. The SMILES string of the molecule is Cc1cc([N+](=O)[O-])cn2c(CF)nnc12. The molecule has 0 fully saturated rings. The van der Waals surface area contributed by atoms with Gasteiger partial charge in [0.25, 0.3) is 5.69 Å². The van der Waals surface area contributed by atoms with E-state index in [1.165, 1.54) is 16.7 Å². The molecule has 0 N–H and O–H groups in total. The van der Waals surface area contributed by atoms with Gasteiger partial charge in [-0.25, -0.2) is 4.39 Å². The van der Waals surface area contributed by atoms with Crippen molar-refractivity contribution < 1.29 is 9.31 Å². The molecule has 7 heteroatoms. The van der Waals surface area contributed by atoms with Crippen LogP contribution in [0.2, 0.25) is 0 Å². The second-order valence-electron chi connectivity index (χ2n) is 3.08. The van der Waals surface area contributed by atoms with Crippen LogP contribution in [-0.4, -0.2) is 19.5 Å². The first kappa shape index (κ1) is 9.50. The lowest BCUT2D eigenvalue weighted by Gasteiger charge is -1.98. The molecule has 0 spiro atoms. The fourth-order valence-corrected chi connectivity index (χ4v) is 1.38. The summed E-state index contributed by atoms with van der Waals surface area (Å²) in [5, 5.41) is 17.9. The maximum atomic E-state index is 12.5. The third-order valence-electron chi connectivity index (χ3n) is 2.08. The average molecular weight is 210 g/mol. The zero-order valence-electron chi connectivity index (χ0n) is 7.85. The summed E-state index contributed by atoms with van der Waals surface area (Å²) in [6.07, 6.45) is 1.22. The summed E-state index contributed by atoms with van der Waals surface area (Å²) < 4.78 is 13.8. The maximum Gasteiger partial charge on any atom is 0.286 e. The molecule has 78 valence electrons. The van der Waals surface area contributed by atoms with Gasteiger partial charge in [-0.3, -0.25) is 14.5 Å². The Morgan fingerprint density at radius 3 is 2.93 bits per heavy atom. The van der Waals surface area contributed by atoms with Crippen LogP contribution >= 0.6 is 0 Å². The van der Waals surface area contributed by atoms with Crippen molar-refractivity contribution in [2.45, 2.75) is 13.6 Å². The van der Waals surface area contributed by atoms with Crippen LogP contribution in [0.5, 0.6) is 0 Å². The van der Waals surface area contributed by atoms with E-state index in [1.807, 2.05) is 0 Å². The Bertz CT molecular complexity index is 537. The molecule has 6 nitrogen and oxygen atoms in total. The number of aryl methyl sites for hydroxylation is 1. The number of fused-ring (bicyclic) bond motifs is 1. The Kier molecular flexibility index (Phi) is 2.07. The van der Waals surface area contributed by atoms with E-state index in [-0.39, 0.29) is 11.5 Å². The first-order valence-electron chi connectivity index (χ1n) is 4.18. The van der Waals surface area contributed by atoms with Gasteiger partial charge in [0.05, 0.1) is 11.1 Å². The summed E-state index contributed by atoms with van der Waals surface area (Å²) in [5.74, 6) is 0.0665. The molecular formula is C8H7FN4O2. The number of aromatic nitrogens is 3. The minimum atomic E-state index is -0.804. The van der Waals surface area contributed by atoms with Crippen molar-refractivity contribution in [2.75, 3.05) is 0 Å². The molecule has 2 rings (SSSR count). The summed E-state index contributed by atoms with van der Waals surface area (Å²) in [7, 11) is 0. The van der Waals surface area contributed by atoms with E-state index in [9.17, 15) is 14.5 Å². The van der Waals surface area contributed by atoms with Crippen molar-refractivity contribution in [3.63, 3.8) is 0 Å². The van der Waals surface area contributed by atoms with Gasteiger partial charge in [-0.05, 0) is 6.92 Å². The van der Waals surface area contributed by atoms with Crippen molar-refractivity contribution in [1.82, 2.24) is 14.6 Å². The standard InChI is InChI=1S/C8H7FN4O2/c1-5-2-6(13(14)15)4-12-7(3-9)10-11-8(5)12/h2,4H,3H2,1H3. The van der Waals surface area contributed by atoms with E-state index in [0.717, 1.165) is 0 Å². The molecular weight excluding hydrogens is 203 g/mol. The Morgan fingerprint density at radius 1 is 1.60 bits per heavy atom. The third kappa shape index (κ3) is 1.41. The lowest BCUT2D eigenvalue weighted by Crippen LogP contribution is -1.97. The predicted octanol–water partition coefficient (Wildman–Crippen LogP) is 1.42. The molecule has 0 unspecified atom stereocenters. The number of hydrogen-bond acceptors (Lipinski definition) is 4. The van der Waals surface area contributed by atoms with Crippen molar-refractivity contribution in [2.24, 2.45) is 0 Å². The first-order valence-corrected chi connectivity index (χ1v) is 4.18. The Morgan fingerprint density at radius 2 is 2.33 bits per heavy atom. The molecule has 0 amide bonds. The van der Waals surface area contributed by atoms with E-state index in [2.05, 4.69) is 10.2 Å². The van der Waals surface area contributed by atoms with Gasteiger partial charge >= 0.3 is 0 Å². The summed E-state index contributed by atoms with van der Waals surface area (Å²) >= 11 is 0. The number of nitro groups is 1. The van der Waals surface area contributed by atoms with Crippen molar-refractivity contribution in [1.29, 1.82) is 0 Å². The van der Waals surface area contributed by atoms with Crippen LogP contribution < -0.4 is 0 Å². The topological polar surface area (TPSA) is 73.3 Å². The summed E-state index contributed by atoms with van der Waals surface area (Å²) in [6.45, 7) is 0.862. The van der Waals surface area contributed by atoms with Crippen molar-refractivity contribution >= 4 is 11.3 Å². The first-order chi connectivity index (χ1) is 7.13. The van der Waals surface area contributed by atoms with Gasteiger partial charge in [0.15, 0.2) is 11.5 Å². The molecule has 0 saturated heterocycles. The van der Waals surface area contributed by atoms with Gasteiger partial charge < -0.3 is 0 Å². The summed E-state index contributed by atoms with van der Waals surface area (Å²) in [5.41, 5.74) is 0.930. The Balaban J connectivity index is 2.77. The van der Waals surface area contributed by atoms with Crippen LogP contribution in [0.15, 0.2) is 12.3 Å². The molecule has 2 heterocycles. The molecule has 0 aliphatic heterocycles. The molecule has 2 aromatic heterocycles. The lowest BCUT2D eigenvalue weighted by atomic mass is 10.3. The van der Waals surface area contributed by atoms with Crippen LogP contribution in [0.4, 0.5) is 10.1 Å². The zero-order chi connectivity index (χ0) is 11.0. The number of alkyl halides is 1. The summed E-state index contributed by atoms with van der Waals surface area (Å²) in [4.78, 5) is 10.0. The van der Waals surface area contributed by atoms with E-state index in [0.29, 0.717) is 11.2 Å². The molecule has 0 aromatic carbocycles. The number of halogens is 1. The maximum absolute atomic E-state index is 12.5. The molecule has 0 aliphatic carbocycles. The fraction of sp³-hybridized carbons (Fsp3) is 0.250. The van der Waals surface area contributed by atoms with Gasteiger partial charge in [-0.2, -0.15) is 0 Å². The highest BCUT2D eigenvalue weighted by Crippen LogP contribution is 2.18. The molecule has 0 atom stereocenters. The Labute approximate surface area is 83.5 Å². The molecule has 0 radical (unpaired) electrons. The van der Waals surface area contributed by atoms with Gasteiger partial charge in [0.2, 0.25) is 0 Å². The van der Waals surface area contributed by atoms with Gasteiger partial charge in [-0.1, -0.05) is 0 Å². The van der Waals surface area contributed by atoms with Crippen LogP contribution in [0.25, 0.3) is 5.65 Å². The minimum absolute atomic E-state index is 0.0665. The van der Waals surface area contributed by atoms with Crippen LogP contribution in [0.1, 0.15) is 11.4 Å². The molecule has 15 heavy (non-hydrogen) atoms. The third-order valence-corrected chi connectivity index (χ3v) is 2.08. The largest absolute Gasteiger partial charge is 0.286 e.